The van der Waals surface area contributed by atoms with Crippen LogP contribution in [0.3, 0.4) is 0 Å². The zero-order chi connectivity index (χ0) is 15.9. The van der Waals surface area contributed by atoms with E-state index < -0.39 is 0 Å². The second kappa shape index (κ2) is 8.15. The molecule has 0 aliphatic carbocycles. The summed E-state index contributed by atoms with van der Waals surface area (Å²) in [7, 11) is 0. The van der Waals surface area contributed by atoms with Crippen LogP contribution < -0.4 is 5.73 Å². The molecule has 1 aromatic carbocycles. The van der Waals surface area contributed by atoms with Gasteiger partial charge in [0.05, 0.1) is 12.7 Å². The Morgan fingerprint density at radius 2 is 2.00 bits per heavy atom. The third-order valence-corrected chi connectivity index (χ3v) is 4.25. The van der Waals surface area contributed by atoms with Crippen molar-refractivity contribution in [1.29, 1.82) is 0 Å². The maximum Gasteiger partial charge on any atom is 0.253 e. The van der Waals surface area contributed by atoms with Gasteiger partial charge in [0.2, 0.25) is 0 Å². The van der Waals surface area contributed by atoms with Crippen molar-refractivity contribution >= 4 is 11.6 Å². The number of carbonyl (C=O) groups excluding carboxylic acids is 1. The standard InChI is InChI=1S/C17H27N3O2/c1-3-19(4-2)11-12-22-16-9-10-20(13-16)17(21)14-5-7-15(18)8-6-14/h5-8,16H,3-4,9-13,18H2,1-2H3. The summed E-state index contributed by atoms with van der Waals surface area (Å²) in [5.74, 6) is 0.0647. The van der Waals surface area contributed by atoms with Crippen molar-refractivity contribution in [2.45, 2.75) is 26.4 Å². The number of nitrogens with two attached hydrogens (primary N) is 1. The highest BCUT2D eigenvalue weighted by molar-refractivity contribution is 5.94. The second-order valence-corrected chi connectivity index (χ2v) is 5.68. The largest absolute Gasteiger partial charge is 0.399 e. The number of amides is 1. The fourth-order valence-electron chi connectivity index (χ4n) is 2.75. The number of anilines is 1. The van der Waals surface area contributed by atoms with Crippen molar-refractivity contribution in [3.63, 3.8) is 0 Å². The highest BCUT2D eigenvalue weighted by Crippen LogP contribution is 2.17. The molecule has 0 bridgehead atoms. The Morgan fingerprint density at radius 1 is 1.32 bits per heavy atom. The summed E-state index contributed by atoms with van der Waals surface area (Å²) in [5, 5.41) is 0. The smallest absolute Gasteiger partial charge is 0.253 e. The fraction of sp³-hybridized carbons (Fsp3) is 0.588. The van der Waals surface area contributed by atoms with Crippen LogP contribution in [0.5, 0.6) is 0 Å². The van der Waals surface area contributed by atoms with Gasteiger partial charge in [0.1, 0.15) is 0 Å². The Balaban J connectivity index is 1.77. The lowest BCUT2D eigenvalue weighted by atomic mass is 10.2. The first-order valence-corrected chi connectivity index (χ1v) is 8.12. The molecule has 1 aromatic rings. The van der Waals surface area contributed by atoms with Gasteiger partial charge in [0.25, 0.3) is 5.91 Å². The van der Waals surface area contributed by atoms with Gasteiger partial charge < -0.3 is 20.3 Å². The summed E-state index contributed by atoms with van der Waals surface area (Å²) >= 11 is 0. The summed E-state index contributed by atoms with van der Waals surface area (Å²) in [6, 6.07) is 7.10. The summed E-state index contributed by atoms with van der Waals surface area (Å²) < 4.78 is 5.92. The molecule has 5 nitrogen and oxygen atoms in total. The van der Waals surface area contributed by atoms with Crippen molar-refractivity contribution in [3.05, 3.63) is 29.8 Å². The topological polar surface area (TPSA) is 58.8 Å². The third kappa shape index (κ3) is 4.45. The highest BCUT2D eigenvalue weighted by Gasteiger charge is 2.27. The van der Waals surface area contributed by atoms with Crippen LogP contribution in [0.15, 0.2) is 24.3 Å². The summed E-state index contributed by atoms with van der Waals surface area (Å²) in [5.41, 5.74) is 7.02. The van der Waals surface area contributed by atoms with Gasteiger partial charge in [-0.25, -0.2) is 0 Å². The number of likely N-dealkylation sites (N-methyl/N-ethyl adjacent to an activating group) is 1. The maximum absolute atomic E-state index is 12.4. The van der Waals surface area contributed by atoms with E-state index in [2.05, 4.69) is 18.7 Å². The first kappa shape index (κ1) is 16.8. The van der Waals surface area contributed by atoms with Crippen LogP contribution in [-0.2, 0) is 4.74 Å². The first-order valence-electron chi connectivity index (χ1n) is 8.12. The Hall–Kier alpha value is -1.59. The van der Waals surface area contributed by atoms with Gasteiger partial charge in [-0.1, -0.05) is 13.8 Å². The van der Waals surface area contributed by atoms with Gasteiger partial charge in [0.15, 0.2) is 0 Å². The molecule has 0 spiro atoms. The molecule has 0 radical (unpaired) electrons. The van der Waals surface area contributed by atoms with Crippen LogP contribution in [0.25, 0.3) is 0 Å². The Morgan fingerprint density at radius 3 is 2.64 bits per heavy atom. The van der Waals surface area contributed by atoms with Gasteiger partial charge in [-0.15, -0.1) is 0 Å². The Kier molecular flexibility index (Phi) is 6.21. The molecule has 1 unspecified atom stereocenters. The molecule has 2 rings (SSSR count). The van der Waals surface area contributed by atoms with Gasteiger partial charge >= 0.3 is 0 Å². The zero-order valence-electron chi connectivity index (χ0n) is 13.6. The maximum atomic E-state index is 12.4. The molecule has 1 fully saturated rings. The molecule has 1 aliphatic heterocycles. The molecule has 22 heavy (non-hydrogen) atoms. The normalized spacial score (nSPS) is 18.1. The molecular formula is C17H27N3O2. The molecular weight excluding hydrogens is 278 g/mol. The minimum atomic E-state index is 0.0647. The van der Waals surface area contributed by atoms with Crippen molar-refractivity contribution in [3.8, 4) is 0 Å². The highest BCUT2D eigenvalue weighted by atomic mass is 16.5. The molecule has 1 saturated heterocycles. The van der Waals surface area contributed by atoms with Crippen LogP contribution in [0, 0.1) is 0 Å². The van der Waals surface area contributed by atoms with Crippen LogP contribution in [0.4, 0.5) is 5.69 Å². The number of ether oxygens (including phenoxy) is 1. The Labute approximate surface area is 133 Å². The third-order valence-electron chi connectivity index (χ3n) is 4.25. The summed E-state index contributed by atoms with van der Waals surface area (Å²) in [6.45, 7) is 9.54. The van der Waals surface area contributed by atoms with Crippen molar-refractivity contribution in [2.75, 3.05) is 45.1 Å². The average molecular weight is 305 g/mol. The summed E-state index contributed by atoms with van der Waals surface area (Å²) in [4.78, 5) is 16.6. The molecule has 2 N–H and O–H groups in total. The number of likely N-dealkylation sites (tertiary alicyclic amines) is 1. The van der Waals surface area contributed by atoms with Crippen LogP contribution >= 0.6 is 0 Å². The average Bonchev–Trinajstić information content (AvgIpc) is 3.00. The lowest BCUT2D eigenvalue weighted by Crippen LogP contribution is -2.32. The van der Waals surface area contributed by atoms with Gasteiger partial charge in [-0.3, -0.25) is 4.79 Å². The SMILES string of the molecule is CCN(CC)CCOC1CCN(C(=O)c2ccc(N)cc2)C1. The predicted octanol–water partition coefficient (Wildman–Crippen LogP) is 1.84. The number of carbonyl (C=O) groups is 1. The molecule has 1 atom stereocenters. The fourth-order valence-corrected chi connectivity index (χ4v) is 2.75. The van der Waals surface area contributed by atoms with Crippen molar-refractivity contribution < 1.29 is 9.53 Å². The van der Waals surface area contributed by atoms with E-state index in [0.29, 0.717) is 17.8 Å². The molecule has 1 amide bonds. The monoisotopic (exact) mass is 305 g/mol. The van der Waals surface area contributed by atoms with E-state index in [1.807, 2.05) is 4.90 Å². The minimum Gasteiger partial charge on any atom is -0.399 e. The van der Waals surface area contributed by atoms with Gasteiger partial charge in [-0.05, 0) is 43.8 Å². The summed E-state index contributed by atoms with van der Waals surface area (Å²) in [6.07, 6.45) is 1.08. The van der Waals surface area contributed by atoms with Crippen LogP contribution in [-0.4, -0.2) is 61.1 Å². The Bertz CT molecular complexity index is 471. The molecule has 1 heterocycles. The molecule has 122 valence electrons. The molecule has 0 saturated carbocycles. The predicted molar refractivity (Wildman–Crippen MR) is 88.9 cm³/mol. The van der Waals surface area contributed by atoms with Crippen molar-refractivity contribution in [2.24, 2.45) is 0 Å². The van der Waals surface area contributed by atoms with E-state index in [9.17, 15) is 4.79 Å². The van der Waals surface area contributed by atoms with Crippen LogP contribution in [0.2, 0.25) is 0 Å². The number of rotatable bonds is 7. The van der Waals surface area contributed by atoms with E-state index in [4.69, 9.17) is 10.5 Å². The molecule has 0 aromatic heterocycles. The van der Waals surface area contributed by atoms with Gasteiger partial charge in [-0.2, -0.15) is 0 Å². The van der Waals surface area contributed by atoms with E-state index in [0.717, 1.165) is 39.2 Å². The van der Waals surface area contributed by atoms with E-state index in [1.165, 1.54) is 0 Å². The van der Waals surface area contributed by atoms with Crippen molar-refractivity contribution in [1.82, 2.24) is 9.80 Å². The lowest BCUT2D eigenvalue weighted by molar-refractivity contribution is 0.0420. The first-order chi connectivity index (χ1) is 10.6. The van der Waals surface area contributed by atoms with E-state index in [1.54, 1.807) is 24.3 Å². The van der Waals surface area contributed by atoms with Crippen LogP contribution in [0.1, 0.15) is 30.6 Å². The van der Waals surface area contributed by atoms with E-state index in [-0.39, 0.29) is 12.0 Å². The molecule has 1 aliphatic rings. The zero-order valence-corrected chi connectivity index (χ0v) is 13.6. The molecule has 5 heteroatoms. The van der Waals surface area contributed by atoms with Gasteiger partial charge in [0, 0.05) is 30.9 Å². The number of hydrogen-bond donors (Lipinski definition) is 1. The number of hydrogen-bond acceptors (Lipinski definition) is 4. The quantitative estimate of drug-likeness (QED) is 0.781. The number of nitrogens with zero attached hydrogens (tertiary/aromatic N) is 2. The lowest BCUT2D eigenvalue weighted by Gasteiger charge is -2.20. The number of benzene rings is 1. The second-order valence-electron chi connectivity index (χ2n) is 5.68. The minimum absolute atomic E-state index is 0.0647. The van der Waals surface area contributed by atoms with E-state index >= 15 is 0 Å². The number of nitrogen functional groups attached to an aromatic ring is 1.